The molecule has 4 nitrogen and oxygen atoms in total. The predicted octanol–water partition coefficient (Wildman–Crippen LogP) is 5.89. The van der Waals surface area contributed by atoms with Crippen molar-refractivity contribution in [1.29, 1.82) is 0 Å². The fourth-order valence-electron chi connectivity index (χ4n) is 4.04. The summed E-state index contributed by atoms with van der Waals surface area (Å²) in [6, 6.07) is 22.0. The van der Waals surface area contributed by atoms with E-state index >= 15 is 0 Å². The van der Waals surface area contributed by atoms with Crippen molar-refractivity contribution in [2.45, 2.75) is 25.3 Å². The molecule has 0 radical (unpaired) electrons. The lowest BCUT2D eigenvalue weighted by atomic mass is 10.0. The zero-order valence-corrected chi connectivity index (χ0v) is 17.3. The Morgan fingerprint density at radius 2 is 1.84 bits per heavy atom. The van der Waals surface area contributed by atoms with E-state index in [2.05, 4.69) is 46.0 Å². The molecule has 0 bridgehead atoms. The second-order valence-corrected chi connectivity index (χ2v) is 8.11. The van der Waals surface area contributed by atoms with Crippen LogP contribution < -0.4 is 10.6 Å². The van der Waals surface area contributed by atoms with Crippen LogP contribution >= 0.6 is 0 Å². The van der Waals surface area contributed by atoms with E-state index in [-0.39, 0.29) is 11.9 Å². The second-order valence-electron chi connectivity index (χ2n) is 8.11. The van der Waals surface area contributed by atoms with Crippen LogP contribution in [-0.4, -0.2) is 16.9 Å². The quantitative estimate of drug-likeness (QED) is 0.536. The topological polar surface area (TPSA) is 54.0 Å². The third-order valence-corrected chi connectivity index (χ3v) is 5.83. The van der Waals surface area contributed by atoms with Crippen molar-refractivity contribution in [2.75, 3.05) is 5.32 Å². The lowest BCUT2D eigenvalue weighted by Crippen LogP contribution is -2.27. The Bertz CT molecular complexity index is 1130. The number of benzene rings is 2. The first kappa shape index (κ1) is 19.3. The van der Waals surface area contributed by atoms with Crippen molar-refractivity contribution >= 4 is 17.4 Å². The maximum atomic E-state index is 12.7. The first-order valence-electron chi connectivity index (χ1n) is 10.8. The van der Waals surface area contributed by atoms with E-state index in [1.54, 1.807) is 0 Å². The summed E-state index contributed by atoms with van der Waals surface area (Å²) in [5.74, 6) is 1.19. The Hall–Kier alpha value is -3.66. The maximum Gasteiger partial charge on any atom is 0.251 e. The van der Waals surface area contributed by atoms with Gasteiger partial charge in [-0.05, 0) is 60.7 Å². The zero-order valence-electron chi connectivity index (χ0n) is 17.3. The molecule has 2 aromatic carbocycles. The SMILES string of the molecule is O=C(N[C@@H]1C[C@H]1C1=CCCC=C1)c1cccc(Nc2ccc(-c3ccccc3)cn2)c1. The first-order chi connectivity index (χ1) is 15.3. The number of carbonyl (C=O) groups is 1. The van der Waals surface area contributed by atoms with Crippen LogP contribution in [0.1, 0.15) is 29.6 Å². The minimum Gasteiger partial charge on any atom is -0.349 e. The Labute approximate surface area is 182 Å². The third kappa shape index (κ3) is 4.58. The fraction of sp³-hybridized carbons (Fsp3) is 0.185. The van der Waals surface area contributed by atoms with E-state index < -0.39 is 0 Å². The summed E-state index contributed by atoms with van der Waals surface area (Å²) in [6.45, 7) is 0. The molecule has 1 aromatic heterocycles. The molecule has 2 aliphatic carbocycles. The van der Waals surface area contributed by atoms with Gasteiger partial charge in [-0.2, -0.15) is 0 Å². The van der Waals surface area contributed by atoms with Crippen LogP contribution in [0, 0.1) is 5.92 Å². The lowest BCUT2D eigenvalue weighted by molar-refractivity contribution is 0.0950. The fourth-order valence-corrected chi connectivity index (χ4v) is 4.04. The first-order valence-corrected chi connectivity index (χ1v) is 10.8. The summed E-state index contributed by atoms with van der Waals surface area (Å²) < 4.78 is 0. The number of nitrogens with one attached hydrogen (secondary N) is 2. The standard InChI is InChI=1S/C27H25N3O/c31-27(30-25-17-24(25)20-10-5-2-6-11-20)21-12-7-13-23(16-21)29-26-15-14-22(18-28-26)19-8-3-1-4-9-19/h1,3-5,7-16,18,24-25H,2,6,17H2,(H,28,29)(H,30,31)/t24-,25+/m0/s1. The van der Waals surface area contributed by atoms with E-state index in [4.69, 9.17) is 0 Å². The van der Waals surface area contributed by atoms with Crippen LogP contribution in [0.25, 0.3) is 11.1 Å². The Kier molecular flexibility index (Phi) is 5.36. The molecule has 3 aromatic rings. The smallest absolute Gasteiger partial charge is 0.251 e. The normalized spacial score (nSPS) is 19.4. The molecule has 31 heavy (non-hydrogen) atoms. The number of pyridine rings is 1. The molecule has 0 spiro atoms. The summed E-state index contributed by atoms with van der Waals surface area (Å²) in [6.07, 6.45) is 11.8. The van der Waals surface area contributed by atoms with Crippen molar-refractivity contribution in [3.8, 4) is 11.1 Å². The van der Waals surface area contributed by atoms with Gasteiger partial charge in [0.1, 0.15) is 5.82 Å². The number of rotatable bonds is 6. The van der Waals surface area contributed by atoms with Crippen molar-refractivity contribution < 1.29 is 4.79 Å². The van der Waals surface area contributed by atoms with E-state index in [1.165, 1.54) is 5.57 Å². The van der Waals surface area contributed by atoms with Crippen LogP contribution in [0.3, 0.4) is 0 Å². The minimum absolute atomic E-state index is 0.0241. The molecule has 0 aliphatic heterocycles. The number of hydrogen-bond acceptors (Lipinski definition) is 3. The number of nitrogens with zero attached hydrogens (tertiary/aromatic N) is 1. The average Bonchev–Trinajstić information content (AvgIpc) is 3.60. The Balaban J connectivity index is 1.22. The molecule has 0 saturated heterocycles. The molecule has 4 heteroatoms. The molecule has 1 heterocycles. The zero-order chi connectivity index (χ0) is 21.0. The molecule has 1 amide bonds. The van der Waals surface area contributed by atoms with Gasteiger partial charge in [-0.15, -0.1) is 0 Å². The van der Waals surface area contributed by atoms with Gasteiger partial charge in [0, 0.05) is 35.0 Å². The summed E-state index contributed by atoms with van der Waals surface area (Å²) >= 11 is 0. The van der Waals surface area contributed by atoms with Gasteiger partial charge in [-0.25, -0.2) is 4.98 Å². The molecule has 154 valence electrons. The highest BCUT2D eigenvalue weighted by atomic mass is 16.1. The molecule has 1 saturated carbocycles. The van der Waals surface area contributed by atoms with E-state index in [0.717, 1.165) is 41.9 Å². The van der Waals surface area contributed by atoms with Gasteiger partial charge in [0.05, 0.1) is 0 Å². The Morgan fingerprint density at radius 3 is 2.61 bits per heavy atom. The molecule has 2 atom stereocenters. The van der Waals surface area contributed by atoms with E-state index in [0.29, 0.717) is 11.5 Å². The van der Waals surface area contributed by atoms with Crippen molar-refractivity contribution in [3.63, 3.8) is 0 Å². The summed E-state index contributed by atoms with van der Waals surface area (Å²) in [5.41, 5.74) is 5.08. The molecule has 0 unspecified atom stereocenters. The number of anilines is 2. The molecular formula is C27H25N3O. The molecule has 2 aliphatic rings. The van der Waals surface area contributed by atoms with Crippen LogP contribution in [0.15, 0.2) is 96.7 Å². The maximum absolute atomic E-state index is 12.7. The van der Waals surface area contributed by atoms with E-state index in [9.17, 15) is 4.79 Å². The van der Waals surface area contributed by atoms with Crippen molar-refractivity contribution in [1.82, 2.24) is 10.3 Å². The second kappa shape index (κ2) is 8.60. The summed E-state index contributed by atoms with van der Waals surface area (Å²) in [4.78, 5) is 17.3. The predicted molar refractivity (Wildman–Crippen MR) is 125 cm³/mol. The highest BCUT2D eigenvalue weighted by molar-refractivity contribution is 5.95. The molecule has 1 fully saturated rings. The largest absolute Gasteiger partial charge is 0.349 e. The van der Waals surface area contributed by atoms with Crippen LogP contribution in [-0.2, 0) is 0 Å². The molecule has 2 N–H and O–H groups in total. The van der Waals surface area contributed by atoms with Gasteiger partial charge in [0.25, 0.3) is 5.91 Å². The number of allylic oxidation sites excluding steroid dienone is 3. The Morgan fingerprint density at radius 1 is 0.935 bits per heavy atom. The molecular weight excluding hydrogens is 382 g/mol. The monoisotopic (exact) mass is 407 g/mol. The minimum atomic E-state index is -0.0241. The summed E-state index contributed by atoms with van der Waals surface area (Å²) in [5, 5.41) is 6.48. The number of hydrogen-bond donors (Lipinski definition) is 2. The van der Waals surface area contributed by atoms with Gasteiger partial charge in [0.2, 0.25) is 0 Å². The van der Waals surface area contributed by atoms with Crippen LogP contribution in [0.4, 0.5) is 11.5 Å². The lowest BCUT2D eigenvalue weighted by Gasteiger charge is -2.10. The molecule has 5 rings (SSSR count). The third-order valence-electron chi connectivity index (χ3n) is 5.83. The number of amides is 1. The van der Waals surface area contributed by atoms with Crippen molar-refractivity contribution in [2.24, 2.45) is 5.92 Å². The van der Waals surface area contributed by atoms with E-state index in [1.807, 2.05) is 60.8 Å². The van der Waals surface area contributed by atoms with Gasteiger partial charge in [-0.1, -0.05) is 54.6 Å². The highest BCUT2D eigenvalue weighted by Gasteiger charge is 2.40. The van der Waals surface area contributed by atoms with Gasteiger partial charge < -0.3 is 10.6 Å². The van der Waals surface area contributed by atoms with Gasteiger partial charge >= 0.3 is 0 Å². The number of aromatic nitrogens is 1. The van der Waals surface area contributed by atoms with Crippen LogP contribution in [0.5, 0.6) is 0 Å². The summed E-state index contributed by atoms with van der Waals surface area (Å²) in [7, 11) is 0. The van der Waals surface area contributed by atoms with Crippen LogP contribution in [0.2, 0.25) is 0 Å². The van der Waals surface area contributed by atoms with Crippen molar-refractivity contribution in [3.05, 3.63) is 102 Å². The average molecular weight is 408 g/mol. The number of carbonyl (C=O) groups excluding carboxylic acids is 1. The van der Waals surface area contributed by atoms with Gasteiger partial charge in [-0.3, -0.25) is 4.79 Å². The highest BCUT2D eigenvalue weighted by Crippen LogP contribution is 2.39. The van der Waals surface area contributed by atoms with Gasteiger partial charge in [0.15, 0.2) is 0 Å².